The zero-order chi connectivity index (χ0) is 15.2. The molecule has 3 heteroatoms. The lowest BCUT2D eigenvalue weighted by Gasteiger charge is -2.09. The zero-order valence-electron chi connectivity index (χ0n) is 12.4. The molecule has 1 N–H and O–H groups in total. The number of alkyl halides is 1. The van der Waals surface area contributed by atoms with Crippen molar-refractivity contribution < 1.29 is 4.79 Å². The second kappa shape index (κ2) is 7.41. The van der Waals surface area contributed by atoms with Crippen LogP contribution in [0.3, 0.4) is 0 Å². The van der Waals surface area contributed by atoms with Gasteiger partial charge >= 0.3 is 0 Å². The lowest BCUT2D eigenvalue weighted by molar-refractivity contribution is 0.102. The summed E-state index contributed by atoms with van der Waals surface area (Å²) in [6.07, 6.45) is 2.10. The first kappa shape index (κ1) is 15.8. The van der Waals surface area contributed by atoms with Gasteiger partial charge < -0.3 is 5.32 Å². The Bertz CT molecular complexity index is 637. The number of nitrogens with one attached hydrogen (secondary N) is 1. The van der Waals surface area contributed by atoms with Crippen LogP contribution in [0.5, 0.6) is 0 Å². The van der Waals surface area contributed by atoms with Crippen LogP contribution in [-0.2, 0) is 6.42 Å². The third kappa shape index (κ3) is 4.43. The van der Waals surface area contributed by atoms with Crippen molar-refractivity contribution in [2.75, 3.05) is 10.6 Å². The maximum Gasteiger partial charge on any atom is 0.255 e. The smallest absolute Gasteiger partial charge is 0.255 e. The van der Waals surface area contributed by atoms with Gasteiger partial charge in [0.25, 0.3) is 5.91 Å². The second-order valence-electron chi connectivity index (χ2n) is 5.27. The molecule has 0 heterocycles. The highest BCUT2D eigenvalue weighted by Gasteiger charge is 2.09. The van der Waals surface area contributed by atoms with E-state index in [1.54, 1.807) is 0 Å². The second-order valence-corrected chi connectivity index (χ2v) is 6.06. The summed E-state index contributed by atoms with van der Waals surface area (Å²) in [6, 6.07) is 13.9. The lowest BCUT2D eigenvalue weighted by atomic mass is 10.0. The molecule has 0 spiro atoms. The topological polar surface area (TPSA) is 29.1 Å². The van der Waals surface area contributed by atoms with Gasteiger partial charge in [0, 0.05) is 16.6 Å². The molecule has 0 unspecified atom stereocenters. The maximum absolute atomic E-state index is 12.4. The van der Waals surface area contributed by atoms with E-state index in [9.17, 15) is 4.79 Å². The minimum Gasteiger partial charge on any atom is -0.322 e. The average Bonchev–Trinajstić information content (AvgIpc) is 2.45. The number of rotatable bonds is 5. The van der Waals surface area contributed by atoms with Gasteiger partial charge in [-0.1, -0.05) is 45.8 Å². The Hall–Kier alpha value is -1.61. The van der Waals surface area contributed by atoms with Crippen molar-refractivity contribution in [1.29, 1.82) is 0 Å². The highest BCUT2D eigenvalue weighted by molar-refractivity contribution is 9.09. The van der Waals surface area contributed by atoms with Crippen molar-refractivity contribution in [2.45, 2.75) is 26.7 Å². The van der Waals surface area contributed by atoms with E-state index in [4.69, 9.17) is 0 Å². The summed E-state index contributed by atoms with van der Waals surface area (Å²) < 4.78 is 0. The highest BCUT2D eigenvalue weighted by atomic mass is 79.9. The van der Waals surface area contributed by atoms with E-state index in [0.717, 1.165) is 35.0 Å². The van der Waals surface area contributed by atoms with Gasteiger partial charge in [0.15, 0.2) is 0 Å². The molecule has 0 saturated carbocycles. The molecule has 0 atom stereocenters. The Kier molecular flexibility index (Phi) is 5.57. The first-order valence-electron chi connectivity index (χ1n) is 7.13. The van der Waals surface area contributed by atoms with Crippen LogP contribution in [-0.4, -0.2) is 11.2 Å². The molecule has 0 aliphatic rings. The fourth-order valence-corrected chi connectivity index (χ4v) is 2.62. The molecule has 0 aromatic heterocycles. The zero-order valence-corrected chi connectivity index (χ0v) is 14.0. The standard InChI is InChI=1S/C18H20BrNO/c1-13-8-9-17(14(2)11-13)18(21)20-16-7-3-5-15(12-16)6-4-10-19/h3,5,7-9,11-12H,4,6,10H2,1-2H3,(H,20,21). The van der Waals surface area contributed by atoms with Crippen LogP contribution in [0.25, 0.3) is 0 Å². The van der Waals surface area contributed by atoms with Crippen LogP contribution < -0.4 is 5.32 Å². The summed E-state index contributed by atoms with van der Waals surface area (Å²) in [5, 5.41) is 3.98. The van der Waals surface area contributed by atoms with Crippen molar-refractivity contribution in [2.24, 2.45) is 0 Å². The van der Waals surface area contributed by atoms with Crippen LogP contribution >= 0.6 is 15.9 Å². The van der Waals surface area contributed by atoms with Crippen molar-refractivity contribution >= 4 is 27.5 Å². The molecule has 2 rings (SSSR count). The monoisotopic (exact) mass is 345 g/mol. The van der Waals surface area contributed by atoms with Gasteiger partial charge in [-0.3, -0.25) is 4.79 Å². The SMILES string of the molecule is Cc1ccc(C(=O)Nc2cccc(CCCBr)c2)c(C)c1. The van der Waals surface area contributed by atoms with Crippen molar-refractivity contribution in [3.05, 3.63) is 64.7 Å². The molecule has 0 aliphatic carbocycles. The van der Waals surface area contributed by atoms with Crippen LogP contribution in [0.1, 0.15) is 33.5 Å². The molecular weight excluding hydrogens is 326 g/mol. The molecule has 21 heavy (non-hydrogen) atoms. The number of aryl methyl sites for hydroxylation is 3. The first-order chi connectivity index (χ1) is 10.1. The third-order valence-corrected chi connectivity index (χ3v) is 3.97. The lowest BCUT2D eigenvalue weighted by Crippen LogP contribution is -2.13. The summed E-state index contributed by atoms with van der Waals surface area (Å²) in [7, 11) is 0. The molecular formula is C18H20BrNO. The number of benzene rings is 2. The van der Waals surface area contributed by atoms with E-state index < -0.39 is 0 Å². The van der Waals surface area contributed by atoms with Crippen LogP contribution in [0.4, 0.5) is 5.69 Å². The minimum atomic E-state index is -0.0508. The molecule has 0 aliphatic heterocycles. The maximum atomic E-state index is 12.4. The molecule has 110 valence electrons. The minimum absolute atomic E-state index is 0.0508. The normalized spacial score (nSPS) is 10.4. The quantitative estimate of drug-likeness (QED) is 0.768. The van der Waals surface area contributed by atoms with E-state index in [2.05, 4.69) is 27.3 Å². The van der Waals surface area contributed by atoms with Crippen LogP contribution in [0, 0.1) is 13.8 Å². The van der Waals surface area contributed by atoms with Crippen LogP contribution in [0.15, 0.2) is 42.5 Å². The Labute approximate surface area is 134 Å². The van der Waals surface area contributed by atoms with Crippen molar-refractivity contribution in [1.82, 2.24) is 0 Å². The van der Waals surface area contributed by atoms with E-state index in [1.165, 1.54) is 11.1 Å². The largest absolute Gasteiger partial charge is 0.322 e. The number of carbonyl (C=O) groups excluding carboxylic acids is 1. The number of hydrogen-bond donors (Lipinski definition) is 1. The number of carbonyl (C=O) groups is 1. The molecule has 2 nitrogen and oxygen atoms in total. The van der Waals surface area contributed by atoms with Gasteiger partial charge in [-0.05, 0) is 56.0 Å². The fraction of sp³-hybridized carbons (Fsp3) is 0.278. The average molecular weight is 346 g/mol. The highest BCUT2D eigenvalue weighted by Crippen LogP contribution is 2.16. The van der Waals surface area contributed by atoms with Crippen molar-refractivity contribution in [3.8, 4) is 0 Å². The summed E-state index contributed by atoms with van der Waals surface area (Å²) >= 11 is 3.44. The van der Waals surface area contributed by atoms with Gasteiger partial charge in [0.05, 0.1) is 0 Å². The summed E-state index contributed by atoms with van der Waals surface area (Å²) in [5.41, 5.74) is 5.00. The summed E-state index contributed by atoms with van der Waals surface area (Å²) in [6.45, 7) is 4.00. The van der Waals surface area contributed by atoms with Gasteiger partial charge in [0.1, 0.15) is 0 Å². The molecule has 0 saturated heterocycles. The molecule has 2 aromatic rings. The predicted molar refractivity (Wildman–Crippen MR) is 92.4 cm³/mol. The van der Waals surface area contributed by atoms with E-state index >= 15 is 0 Å². The Balaban J connectivity index is 2.12. The van der Waals surface area contributed by atoms with Gasteiger partial charge in [-0.25, -0.2) is 0 Å². The molecule has 0 radical (unpaired) electrons. The number of amides is 1. The molecule has 1 amide bonds. The van der Waals surface area contributed by atoms with Gasteiger partial charge in [-0.2, -0.15) is 0 Å². The Morgan fingerprint density at radius 1 is 1.14 bits per heavy atom. The van der Waals surface area contributed by atoms with Gasteiger partial charge in [0.2, 0.25) is 0 Å². The summed E-state index contributed by atoms with van der Waals surface area (Å²) in [4.78, 5) is 12.4. The number of anilines is 1. The predicted octanol–water partition coefficient (Wildman–Crippen LogP) is 4.88. The Morgan fingerprint density at radius 2 is 1.95 bits per heavy atom. The third-order valence-electron chi connectivity index (χ3n) is 3.41. The molecule has 0 fully saturated rings. The number of hydrogen-bond acceptors (Lipinski definition) is 1. The first-order valence-corrected chi connectivity index (χ1v) is 8.26. The van der Waals surface area contributed by atoms with Crippen molar-refractivity contribution in [3.63, 3.8) is 0 Å². The Morgan fingerprint density at radius 3 is 2.67 bits per heavy atom. The van der Waals surface area contributed by atoms with Crippen LogP contribution in [0.2, 0.25) is 0 Å². The van der Waals surface area contributed by atoms with E-state index in [0.29, 0.717) is 0 Å². The fourth-order valence-electron chi connectivity index (χ4n) is 2.34. The number of halogens is 1. The van der Waals surface area contributed by atoms with Gasteiger partial charge in [-0.15, -0.1) is 0 Å². The van der Waals surface area contributed by atoms with E-state index in [1.807, 2.05) is 50.2 Å². The summed E-state index contributed by atoms with van der Waals surface area (Å²) in [5.74, 6) is -0.0508. The molecule has 0 bridgehead atoms. The van der Waals surface area contributed by atoms with E-state index in [-0.39, 0.29) is 5.91 Å². The molecule has 2 aromatic carbocycles.